The number of hydrogen-bond donors (Lipinski definition) is 0. The largest absolute Gasteiger partial charge is 0.486 e. The van der Waals surface area contributed by atoms with Gasteiger partial charge in [0.25, 0.3) is 5.91 Å². The van der Waals surface area contributed by atoms with Gasteiger partial charge in [-0.1, -0.05) is 0 Å². The van der Waals surface area contributed by atoms with Gasteiger partial charge in [-0.3, -0.25) is 9.59 Å². The van der Waals surface area contributed by atoms with Gasteiger partial charge in [-0.2, -0.15) is 0 Å². The van der Waals surface area contributed by atoms with Crippen LogP contribution >= 0.6 is 0 Å². The van der Waals surface area contributed by atoms with E-state index in [1.807, 2.05) is 6.92 Å². The Labute approximate surface area is 163 Å². The molecule has 0 aliphatic carbocycles. The highest BCUT2D eigenvalue weighted by Crippen LogP contribution is 2.21. The highest BCUT2D eigenvalue weighted by Gasteiger charge is 2.28. The third-order valence-corrected chi connectivity index (χ3v) is 4.78. The third-order valence-electron chi connectivity index (χ3n) is 4.78. The van der Waals surface area contributed by atoms with Crippen molar-refractivity contribution in [1.82, 2.24) is 25.1 Å². The number of likely N-dealkylation sites (tertiary alicyclic amines) is 1. The first-order chi connectivity index (χ1) is 13.6. The molecule has 2 heterocycles. The van der Waals surface area contributed by atoms with Crippen LogP contribution in [0, 0.1) is 5.92 Å². The van der Waals surface area contributed by atoms with E-state index in [1.165, 1.54) is 0 Å². The fourth-order valence-electron chi connectivity index (χ4n) is 3.17. The summed E-state index contributed by atoms with van der Waals surface area (Å²) in [7, 11) is 0. The number of nitrogens with zero attached hydrogens (tertiary/aromatic N) is 5. The Hall–Kier alpha value is -2.97. The Morgan fingerprint density at radius 2 is 1.86 bits per heavy atom. The summed E-state index contributed by atoms with van der Waals surface area (Å²) >= 11 is 0. The maximum atomic E-state index is 12.7. The molecular weight excluding hydrogens is 362 g/mol. The zero-order chi connectivity index (χ0) is 19.9. The number of amides is 1. The molecule has 2 aromatic rings. The summed E-state index contributed by atoms with van der Waals surface area (Å²) in [6.45, 7) is 6.19. The zero-order valence-electron chi connectivity index (χ0n) is 16.2. The van der Waals surface area contributed by atoms with Gasteiger partial charge in [-0.25, -0.2) is 4.68 Å². The first-order valence-corrected chi connectivity index (χ1v) is 9.56. The first kappa shape index (κ1) is 19.8. The van der Waals surface area contributed by atoms with E-state index in [-0.39, 0.29) is 24.4 Å². The summed E-state index contributed by atoms with van der Waals surface area (Å²) in [5.74, 6) is 0.976. The SMILES string of the molecule is CCOC(=O)C1CCN(C(=O)c2ccc(OCc3nnnn3CC)cc2)CC1. The standard InChI is InChI=1S/C19H25N5O4/c1-3-24-17(20-21-22-24)13-28-16-7-5-14(6-8-16)18(25)23-11-9-15(10-12-23)19(26)27-4-2/h5-8,15H,3-4,9-13H2,1-2H3. The highest BCUT2D eigenvalue weighted by atomic mass is 16.5. The predicted octanol–water partition coefficient (Wildman–Crippen LogP) is 1.69. The maximum absolute atomic E-state index is 12.7. The van der Waals surface area contributed by atoms with Crippen molar-refractivity contribution in [2.75, 3.05) is 19.7 Å². The fraction of sp³-hybridized carbons (Fsp3) is 0.526. The molecule has 1 amide bonds. The Balaban J connectivity index is 1.52. The van der Waals surface area contributed by atoms with Crippen LogP contribution in [0.3, 0.4) is 0 Å². The lowest BCUT2D eigenvalue weighted by Crippen LogP contribution is -2.40. The second-order valence-electron chi connectivity index (χ2n) is 6.54. The first-order valence-electron chi connectivity index (χ1n) is 9.56. The number of piperidine rings is 1. The maximum Gasteiger partial charge on any atom is 0.309 e. The lowest BCUT2D eigenvalue weighted by Gasteiger charge is -2.31. The van der Waals surface area contributed by atoms with Crippen LogP contribution in [0.1, 0.15) is 42.9 Å². The van der Waals surface area contributed by atoms with E-state index < -0.39 is 0 Å². The number of carbonyl (C=O) groups is 2. The summed E-state index contributed by atoms with van der Waals surface area (Å²) in [4.78, 5) is 26.3. The Kier molecular flexibility index (Phi) is 6.57. The zero-order valence-corrected chi connectivity index (χ0v) is 16.2. The smallest absolute Gasteiger partial charge is 0.309 e. The van der Waals surface area contributed by atoms with Crippen molar-refractivity contribution in [3.05, 3.63) is 35.7 Å². The van der Waals surface area contributed by atoms with Crippen molar-refractivity contribution in [3.8, 4) is 5.75 Å². The van der Waals surface area contributed by atoms with Crippen molar-refractivity contribution in [2.45, 2.75) is 39.8 Å². The minimum Gasteiger partial charge on any atom is -0.486 e. The lowest BCUT2D eigenvalue weighted by molar-refractivity contribution is -0.149. The average Bonchev–Trinajstić information content (AvgIpc) is 3.20. The van der Waals surface area contributed by atoms with Crippen molar-refractivity contribution < 1.29 is 19.1 Å². The van der Waals surface area contributed by atoms with Crippen molar-refractivity contribution >= 4 is 11.9 Å². The number of aryl methyl sites for hydroxylation is 1. The number of tetrazole rings is 1. The molecule has 150 valence electrons. The molecule has 1 aromatic carbocycles. The average molecular weight is 387 g/mol. The minimum atomic E-state index is -0.162. The normalized spacial score (nSPS) is 14.7. The number of aromatic nitrogens is 4. The number of carbonyl (C=O) groups excluding carboxylic acids is 2. The molecule has 3 rings (SSSR count). The molecule has 0 radical (unpaired) electrons. The summed E-state index contributed by atoms with van der Waals surface area (Å²) in [5, 5.41) is 11.4. The Bertz CT molecular complexity index is 797. The summed E-state index contributed by atoms with van der Waals surface area (Å²) in [6, 6.07) is 7.02. The van der Waals surface area contributed by atoms with Gasteiger partial charge in [0.05, 0.1) is 12.5 Å². The van der Waals surface area contributed by atoms with Crippen LogP contribution < -0.4 is 4.74 Å². The van der Waals surface area contributed by atoms with Crippen molar-refractivity contribution in [3.63, 3.8) is 0 Å². The Morgan fingerprint density at radius 1 is 1.14 bits per heavy atom. The van der Waals surface area contributed by atoms with Gasteiger partial charge in [0.15, 0.2) is 5.82 Å². The number of ether oxygens (including phenoxy) is 2. The molecule has 0 unspecified atom stereocenters. The van der Waals surface area contributed by atoms with E-state index in [0.717, 1.165) is 0 Å². The van der Waals surface area contributed by atoms with Gasteiger partial charge in [0.2, 0.25) is 0 Å². The van der Waals surface area contributed by atoms with Gasteiger partial charge >= 0.3 is 5.97 Å². The highest BCUT2D eigenvalue weighted by molar-refractivity contribution is 5.94. The second-order valence-corrected chi connectivity index (χ2v) is 6.54. The molecule has 9 heteroatoms. The molecule has 28 heavy (non-hydrogen) atoms. The minimum absolute atomic E-state index is 0.0382. The van der Waals surface area contributed by atoms with Crippen LogP contribution in [0.4, 0.5) is 0 Å². The molecule has 0 bridgehead atoms. The van der Waals surface area contributed by atoms with E-state index in [0.29, 0.717) is 56.2 Å². The van der Waals surface area contributed by atoms with Gasteiger partial charge in [0.1, 0.15) is 12.4 Å². The lowest BCUT2D eigenvalue weighted by atomic mass is 9.96. The van der Waals surface area contributed by atoms with Crippen LogP contribution in [-0.2, 0) is 22.7 Å². The van der Waals surface area contributed by atoms with E-state index >= 15 is 0 Å². The number of esters is 1. The van der Waals surface area contributed by atoms with Crippen molar-refractivity contribution in [2.24, 2.45) is 5.92 Å². The summed E-state index contributed by atoms with van der Waals surface area (Å²) < 4.78 is 12.4. The molecular formula is C19H25N5O4. The van der Waals surface area contributed by atoms with E-state index in [1.54, 1.807) is 40.8 Å². The molecule has 0 saturated carbocycles. The number of hydrogen-bond acceptors (Lipinski definition) is 7. The molecule has 1 aliphatic rings. The van der Waals surface area contributed by atoms with E-state index in [4.69, 9.17) is 9.47 Å². The monoisotopic (exact) mass is 387 g/mol. The van der Waals surface area contributed by atoms with Gasteiger partial charge in [0, 0.05) is 25.2 Å². The fourth-order valence-corrected chi connectivity index (χ4v) is 3.17. The van der Waals surface area contributed by atoms with E-state index in [9.17, 15) is 9.59 Å². The van der Waals surface area contributed by atoms with Crippen LogP contribution in [0.2, 0.25) is 0 Å². The molecule has 1 saturated heterocycles. The topological polar surface area (TPSA) is 99.4 Å². The molecule has 0 N–H and O–H groups in total. The molecule has 1 aliphatic heterocycles. The third kappa shape index (κ3) is 4.65. The van der Waals surface area contributed by atoms with Gasteiger partial charge in [-0.05, 0) is 61.4 Å². The van der Waals surface area contributed by atoms with Gasteiger partial charge < -0.3 is 14.4 Å². The molecule has 1 aromatic heterocycles. The molecule has 0 spiro atoms. The van der Waals surface area contributed by atoms with Crippen LogP contribution in [0.25, 0.3) is 0 Å². The summed E-state index contributed by atoms with van der Waals surface area (Å²) in [5.41, 5.74) is 0.598. The number of rotatable bonds is 7. The molecule has 9 nitrogen and oxygen atoms in total. The van der Waals surface area contributed by atoms with E-state index in [2.05, 4.69) is 15.5 Å². The second kappa shape index (κ2) is 9.29. The van der Waals surface area contributed by atoms with Gasteiger partial charge in [-0.15, -0.1) is 5.10 Å². The summed E-state index contributed by atoms with van der Waals surface area (Å²) in [6.07, 6.45) is 1.27. The van der Waals surface area contributed by atoms with Crippen LogP contribution in [-0.4, -0.2) is 56.7 Å². The molecule has 1 fully saturated rings. The van der Waals surface area contributed by atoms with Crippen LogP contribution in [0.15, 0.2) is 24.3 Å². The number of benzene rings is 1. The van der Waals surface area contributed by atoms with Crippen LogP contribution in [0.5, 0.6) is 5.75 Å². The Morgan fingerprint density at radius 3 is 2.50 bits per heavy atom. The predicted molar refractivity (Wildman–Crippen MR) is 99.5 cm³/mol. The van der Waals surface area contributed by atoms with Crippen molar-refractivity contribution in [1.29, 1.82) is 0 Å². The molecule has 0 atom stereocenters. The quantitative estimate of drug-likeness (QED) is 0.667.